The van der Waals surface area contributed by atoms with Gasteiger partial charge in [-0.05, 0) is 127 Å². The van der Waals surface area contributed by atoms with Crippen molar-refractivity contribution < 1.29 is 9.59 Å². The average molecular weight is 715 g/mol. The van der Waals surface area contributed by atoms with E-state index in [2.05, 4.69) is 101 Å². The number of benzene rings is 3. The second-order valence-electron chi connectivity index (χ2n) is 18.5. The molecule has 0 saturated heterocycles. The van der Waals surface area contributed by atoms with Gasteiger partial charge in [0, 0.05) is 78.6 Å². The molecule has 0 aromatic heterocycles. The lowest BCUT2D eigenvalue weighted by Gasteiger charge is -2.48. The minimum Gasteiger partial charge on any atom is -0.366 e. The average Bonchev–Trinajstić information content (AvgIpc) is 3.10. The first-order valence-corrected chi connectivity index (χ1v) is 20.8. The summed E-state index contributed by atoms with van der Waals surface area (Å²) in [5.74, 6) is 1.02. The number of hydrogen-bond donors (Lipinski definition) is 0. The predicted molar refractivity (Wildman–Crippen MR) is 220 cm³/mol. The monoisotopic (exact) mass is 714 g/mol. The van der Waals surface area contributed by atoms with E-state index in [-0.39, 0.29) is 34.5 Å². The van der Waals surface area contributed by atoms with Crippen molar-refractivity contribution in [2.45, 2.75) is 137 Å². The Hall–Kier alpha value is -3.73. The number of hydrogen-bond acceptors (Lipinski definition) is 3. The van der Waals surface area contributed by atoms with Crippen LogP contribution in [0.3, 0.4) is 0 Å². The zero-order valence-electron chi connectivity index (χ0n) is 34.6. The molecule has 1 amide bonds. The molecule has 3 aromatic rings. The van der Waals surface area contributed by atoms with Crippen LogP contribution in [0.1, 0.15) is 168 Å². The second kappa shape index (κ2) is 13.8. The summed E-state index contributed by atoms with van der Waals surface area (Å²) in [6.07, 6.45) is 6.84. The number of nitrogens with zero attached hydrogens (tertiary/aromatic N) is 3. The van der Waals surface area contributed by atoms with Crippen LogP contribution in [0.25, 0.3) is 5.57 Å². The maximum absolute atomic E-state index is 14.8. The summed E-state index contributed by atoms with van der Waals surface area (Å²) in [4.78, 5) is 31.8. The molecule has 1 aliphatic carbocycles. The van der Waals surface area contributed by atoms with Gasteiger partial charge in [0.1, 0.15) is 18.9 Å². The SMILES string of the molecule is CCN1c2cc3c(cc2C(C)CC1(C)C)C(c1ccc(C(C)C)cc1C(=O)N(C)CCCC(=O)C(C)C)=c1cc2c4c(c1C3(C)C)CCC[N+]=4CCC2. The fourth-order valence-electron chi connectivity index (χ4n) is 10.6. The normalized spacial score (nSPS) is 19.5. The molecular formula is C48H64N3O2+. The van der Waals surface area contributed by atoms with Crippen molar-refractivity contribution >= 4 is 23.0 Å². The molecule has 3 heterocycles. The van der Waals surface area contributed by atoms with Crippen molar-refractivity contribution in [3.05, 3.63) is 97.0 Å². The summed E-state index contributed by atoms with van der Waals surface area (Å²) >= 11 is 0. The van der Waals surface area contributed by atoms with Crippen molar-refractivity contribution in [2.24, 2.45) is 5.92 Å². The molecule has 282 valence electrons. The van der Waals surface area contributed by atoms with E-state index in [1.807, 2.05) is 25.8 Å². The first-order chi connectivity index (χ1) is 25.1. The van der Waals surface area contributed by atoms with Crippen LogP contribution in [0.15, 0.2) is 36.4 Å². The van der Waals surface area contributed by atoms with Gasteiger partial charge >= 0.3 is 0 Å². The number of ketones is 1. The smallest absolute Gasteiger partial charge is 0.254 e. The van der Waals surface area contributed by atoms with Crippen molar-refractivity contribution in [3.8, 4) is 0 Å². The van der Waals surface area contributed by atoms with Crippen LogP contribution >= 0.6 is 0 Å². The van der Waals surface area contributed by atoms with Gasteiger partial charge in [0.25, 0.3) is 5.91 Å². The van der Waals surface area contributed by atoms with Crippen LogP contribution < -0.4 is 20.1 Å². The third-order valence-electron chi connectivity index (χ3n) is 13.3. The standard InChI is InChI=1S/C48H64N3O2/c1-12-51-41-27-40-38(26-36(41)31(6)28-47(51,7)8)43(39-25-33-16-13-22-50-23-14-17-35(45(33)50)44(39)48(40,9)10)34-20-19-32(29(2)3)24-37(34)46(53)49(11)21-15-18-42(52)30(4)5/h19-20,24-27,29-31H,12-18,21-23,28H2,1-11H3/q+1. The highest BCUT2D eigenvalue weighted by molar-refractivity contribution is 6.02. The van der Waals surface area contributed by atoms with E-state index in [1.165, 1.54) is 73.6 Å². The van der Waals surface area contributed by atoms with Gasteiger partial charge in [0.15, 0.2) is 0 Å². The van der Waals surface area contributed by atoms with Gasteiger partial charge in [0.2, 0.25) is 5.36 Å². The van der Waals surface area contributed by atoms with E-state index in [9.17, 15) is 9.59 Å². The highest BCUT2D eigenvalue weighted by Gasteiger charge is 2.43. The molecule has 0 fully saturated rings. The molecule has 1 unspecified atom stereocenters. The fraction of sp³-hybridized carbons (Fsp3) is 0.562. The third-order valence-corrected chi connectivity index (χ3v) is 13.3. The molecule has 0 spiro atoms. The number of fused-ring (bicyclic) bond motifs is 4. The van der Waals surface area contributed by atoms with Crippen molar-refractivity contribution in [1.82, 2.24) is 9.48 Å². The Morgan fingerprint density at radius 3 is 2.36 bits per heavy atom. The van der Waals surface area contributed by atoms with Crippen LogP contribution in [0.5, 0.6) is 0 Å². The summed E-state index contributed by atoms with van der Waals surface area (Å²) < 4.78 is 2.67. The number of Topliss-reactive ketones (excluding diaryl/α,β-unsaturated/α-hetero) is 1. The molecule has 5 nitrogen and oxygen atoms in total. The molecule has 5 heteroatoms. The molecule has 3 aromatic carbocycles. The van der Waals surface area contributed by atoms with E-state index < -0.39 is 0 Å². The van der Waals surface area contributed by atoms with Crippen molar-refractivity contribution in [3.63, 3.8) is 0 Å². The van der Waals surface area contributed by atoms with Crippen LogP contribution in [0.4, 0.5) is 5.69 Å². The minimum absolute atomic E-state index is 0.0180. The van der Waals surface area contributed by atoms with E-state index in [0.717, 1.165) is 50.0 Å². The molecule has 3 aliphatic heterocycles. The van der Waals surface area contributed by atoms with Gasteiger partial charge in [-0.3, -0.25) is 9.59 Å². The first-order valence-electron chi connectivity index (χ1n) is 20.8. The number of carbonyl (C=O) groups is 2. The lowest BCUT2D eigenvalue weighted by atomic mass is 9.64. The summed E-state index contributed by atoms with van der Waals surface area (Å²) in [5, 5.41) is 2.83. The summed E-state index contributed by atoms with van der Waals surface area (Å²) in [6, 6.07) is 14.3. The van der Waals surface area contributed by atoms with Gasteiger partial charge in [-0.15, -0.1) is 0 Å². The van der Waals surface area contributed by atoms with Crippen molar-refractivity contribution in [1.29, 1.82) is 0 Å². The Labute approximate surface area is 319 Å². The summed E-state index contributed by atoms with van der Waals surface area (Å²) in [6.45, 7) is 26.6. The Kier molecular flexibility index (Phi) is 9.82. The predicted octanol–water partition coefficient (Wildman–Crippen LogP) is 8.27. The lowest BCUT2D eigenvalue weighted by molar-refractivity contribution is -0.122. The second-order valence-corrected chi connectivity index (χ2v) is 18.5. The van der Waals surface area contributed by atoms with Crippen LogP contribution in [-0.4, -0.2) is 55.4 Å². The summed E-state index contributed by atoms with van der Waals surface area (Å²) in [7, 11) is 1.92. The molecule has 53 heavy (non-hydrogen) atoms. The quantitative estimate of drug-likeness (QED) is 0.210. The van der Waals surface area contributed by atoms with Gasteiger partial charge in [-0.2, -0.15) is 0 Å². The zero-order valence-corrected chi connectivity index (χ0v) is 34.6. The maximum Gasteiger partial charge on any atom is 0.254 e. The van der Waals surface area contributed by atoms with E-state index in [4.69, 9.17) is 0 Å². The number of anilines is 1. The highest BCUT2D eigenvalue weighted by atomic mass is 16.2. The molecular weight excluding hydrogens is 651 g/mol. The lowest BCUT2D eigenvalue weighted by Crippen LogP contribution is -2.50. The van der Waals surface area contributed by atoms with Crippen molar-refractivity contribution in [2.75, 3.05) is 38.1 Å². The summed E-state index contributed by atoms with van der Waals surface area (Å²) in [5.41, 5.74) is 14.0. The topological polar surface area (TPSA) is 43.6 Å². The molecule has 0 N–H and O–H groups in total. The van der Waals surface area contributed by atoms with E-state index >= 15 is 0 Å². The van der Waals surface area contributed by atoms with E-state index in [0.29, 0.717) is 25.3 Å². The molecule has 0 saturated carbocycles. The zero-order chi connectivity index (χ0) is 38.1. The molecule has 1 atom stereocenters. The van der Waals surface area contributed by atoms with Crippen LogP contribution in [-0.2, 0) is 23.1 Å². The van der Waals surface area contributed by atoms with Crippen LogP contribution in [0, 0.1) is 5.92 Å². The van der Waals surface area contributed by atoms with Crippen LogP contribution in [0.2, 0.25) is 0 Å². The van der Waals surface area contributed by atoms with Gasteiger partial charge < -0.3 is 9.80 Å². The van der Waals surface area contributed by atoms with Gasteiger partial charge in [0.05, 0.1) is 0 Å². The first kappa shape index (κ1) is 37.6. The third kappa shape index (κ3) is 6.28. The maximum atomic E-state index is 14.8. The largest absolute Gasteiger partial charge is 0.366 e. The molecule has 0 bridgehead atoms. The number of rotatable bonds is 9. The highest BCUT2D eigenvalue weighted by Crippen LogP contribution is 2.50. The molecule has 0 radical (unpaired) electrons. The Morgan fingerprint density at radius 2 is 1.68 bits per heavy atom. The molecule has 4 aliphatic rings. The van der Waals surface area contributed by atoms with Gasteiger partial charge in [-0.1, -0.05) is 60.6 Å². The van der Waals surface area contributed by atoms with Gasteiger partial charge in [-0.25, -0.2) is 4.58 Å². The molecule has 7 rings (SSSR count). The minimum atomic E-state index is -0.222. The Balaban J connectivity index is 1.54. The Morgan fingerprint density at radius 1 is 0.962 bits per heavy atom. The number of aryl methyl sites for hydroxylation is 1. The number of carbonyl (C=O) groups excluding carboxylic acids is 2. The van der Waals surface area contributed by atoms with E-state index in [1.54, 1.807) is 0 Å². The Bertz CT molecular complexity index is 2110. The number of amides is 1. The fourth-order valence-corrected chi connectivity index (χ4v) is 10.6.